The number of rotatable bonds is 9. The summed E-state index contributed by atoms with van der Waals surface area (Å²) in [4.78, 5) is 0.898. The van der Waals surface area contributed by atoms with Gasteiger partial charge in [0.2, 0.25) is 0 Å². The minimum atomic E-state index is -3.42. The van der Waals surface area contributed by atoms with Crippen LogP contribution >= 0.6 is 22.9 Å². The summed E-state index contributed by atoms with van der Waals surface area (Å²) in [6.45, 7) is 4.50. The fraction of sp³-hybridized carbons (Fsp3) is 0.636. The van der Waals surface area contributed by atoms with Crippen LogP contribution in [0.5, 0.6) is 0 Å². The summed E-state index contributed by atoms with van der Waals surface area (Å²) in [6, 6.07) is 3.58. The Morgan fingerprint density at radius 1 is 1.42 bits per heavy atom. The van der Waals surface area contributed by atoms with Gasteiger partial charge in [-0.2, -0.15) is 17.4 Å². The minimum Gasteiger partial charge on any atom is -0.317 e. The molecule has 0 spiro atoms. The molecule has 2 N–H and O–H groups in total. The summed E-state index contributed by atoms with van der Waals surface area (Å²) in [5.74, 6) is 0. The normalized spacial score (nSPS) is 12.2. The molecule has 0 amide bonds. The fourth-order valence-electron chi connectivity index (χ4n) is 1.44. The zero-order valence-corrected chi connectivity index (χ0v) is 13.5. The van der Waals surface area contributed by atoms with E-state index in [1.54, 1.807) is 13.1 Å². The van der Waals surface area contributed by atoms with Gasteiger partial charge in [-0.1, -0.05) is 18.5 Å². The van der Waals surface area contributed by atoms with Crippen molar-refractivity contribution in [2.45, 2.75) is 19.9 Å². The van der Waals surface area contributed by atoms with E-state index < -0.39 is 10.2 Å². The zero-order chi connectivity index (χ0) is 14.3. The van der Waals surface area contributed by atoms with Crippen molar-refractivity contribution in [3.05, 3.63) is 21.3 Å². The van der Waals surface area contributed by atoms with Crippen molar-refractivity contribution in [3.63, 3.8) is 0 Å². The smallest absolute Gasteiger partial charge is 0.279 e. The molecule has 0 fully saturated rings. The third kappa shape index (κ3) is 6.20. The van der Waals surface area contributed by atoms with Crippen molar-refractivity contribution >= 4 is 33.1 Å². The van der Waals surface area contributed by atoms with Gasteiger partial charge in [-0.3, -0.25) is 0 Å². The van der Waals surface area contributed by atoms with Crippen LogP contribution in [0.1, 0.15) is 18.2 Å². The lowest BCUT2D eigenvalue weighted by Crippen LogP contribution is -2.38. The van der Waals surface area contributed by atoms with Crippen LogP contribution in [0.2, 0.25) is 4.34 Å². The molecule has 0 radical (unpaired) electrons. The first kappa shape index (κ1) is 16.9. The van der Waals surface area contributed by atoms with Gasteiger partial charge in [0.1, 0.15) is 0 Å². The molecule has 0 aliphatic rings. The number of nitrogens with zero attached hydrogens (tertiary/aromatic N) is 1. The maximum atomic E-state index is 11.9. The highest BCUT2D eigenvalue weighted by molar-refractivity contribution is 7.87. The molecule has 19 heavy (non-hydrogen) atoms. The van der Waals surface area contributed by atoms with Gasteiger partial charge in [0.15, 0.2) is 0 Å². The van der Waals surface area contributed by atoms with Crippen molar-refractivity contribution in [2.75, 3.05) is 26.7 Å². The Balaban J connectivity index is 2.37. The lowest BCUT2D eigenvalue weighted by atomic mass is 10.4. The Bertz CT molecular complexity index is 476. The molecule has 1 heterocycles. The number of thiophene rings is 1. The van der Waals surface area contributed by atoms with E-state index >= 15 is 0 Å². The lowest BCUT2D eigenvalue weighted by Gasteiger charge is -2.17. The Morgan fingerprint density at radius 3 is 2.74 bits per heavy atom. The predicted octanol–water partition coefficient (Wildman–Crippen LogP) is 1.67. The van der Waals surface area contributed by atoms with Gasteiger partial charge in [-0.15, -0.1) is 11.3 Å². The largest absolute Gasteiger partial charge is 0.317 e. The molecule has 0 bridgehead atoms. The van der Waals surface area contributed by atoms with E-state index in [1.165, 1.54) is 15.6 Å². The van der Waals surface area contributed by atoms with Gasteiger partial charge in [0.05, 0.1) is 4.34 Å². The molecule has 8 heteroatoms. The van der Waals surface area contributed by atoms with Gasteiger partial charge in [-0.05, 0) is 31.6 Å². The molecule has 0 aliphatic carbocycles. The maximum Gasteiger partial charge on any atom is 0.279 e. The Kier molecular flexibility index (Phi) is 7.27. The van der Waals surface area contributed by atoms with E-state index in [1.807, 2.05) is 13.0 Å². The second-order valence-corrected chi connectivity index (χ2v) is 7.72. The van der Waals surface area contributed by atoms with E-state index in [0.29, 0.717) is 10.9 Å². The summed E-state index contributed by atoms with van der Waals surface area (Å²) in [5, 5.41) is 3.16. The standard InChI is InChI=1S/C11H20ClN3O2S2/c1-3-13-7-4-8-15(2)19(16,17)14-9-10-5-6-11(12)18-10/h5-6,13-14H,3-4,7-9H2,1-2H3. The van der Waals surface area contributed by atoms with Crippen molar-refractivity contribution in [3.8, 4) is 0 Å². The van der Waals surface area contributed by atoms with Crippen molar-refractivity contribution in [2.24, 2.45) is 0 Å². The number of hydrogen-bond donors (Lipinski definition) is 2. The van der Waals surface area contributed by atoms with E-state index in [0.717, 1.165) is 24.4 Å². The average molecular weight is 326 g/mol. The summed E-state index contributed by atoms with van der Waals surface area (Å²) in [5.41, 5.74) is 0. The molecule has 0 saturated heterocycles. The van der Waals surface area contributed by atoms with Gasteiger partial charge in [-0.25, -0.2) is 0 Å². The molecule has 1 aromatic rings. The highest BCUT2D eigenvalue weighted by Crippen LogP contribution is 2.21. The van der Waals surface area contributed by atoms with Crippen LogP contribution in [0.25, 0.3) is 0 Å². The average Bonchev–Trinajstić information content (AvgIpc) is 2.78. The molecule has 0 aromatic carbocycles. The first-order chi connectivity index (χ1) is 8.95. The van der Waals surface area contributed by atoms with Crippen LogP contribution in [0.4, 0.5) is 0 Å². The third-order valence-corrected chi connectivity index (χ3v) is 5.29. The maximum absolute atomic E-state index is 11.9. The zero-order valence-electron chi connectivity index (χ0n) is 11.1. The molecule has 1 aromatic heterocycles. The summed E-state index contributed by atoms with van der Waals surface area (Å²) in [7, 11) is -1.84. The monoisotopic (exact) mass is 325 g/mol. The van der Waals surface area contributed by atoms with Crippen LogP contribution < -0.4 is 10.0 Å². The van der Waals surface area contributed by atoms with Crippen LogP contribution in [-0.4, -0.2) is 39.4 Å². The molecular weight excluding hydrogens is 306 g/mol. The summed E-state index contributed by atoms with van der Waals surface area (Å²) < 4.78 is 28.4. The van der Waals surface area contributed by atoms with Crippen molar-refractivity contribution < 1.29 is 8.42 Å². The van der Waals surface area contributed by atoms with Gasteiger partial charge >= 0.3 is 0 Å². The predicted molar refractivity (Wildman–Crippen MR) is 80.9 cm³/mol. The first-order valence-electron chi connectivity index (χ1n) is 6.11. The van der Waals surface area contributed by atoms with Crippen LogP contribution in [0.3, 0.4) is 0 Å². The lowest BCUT2D eigenvalue weighted by molar-refractivity contribution is 0.445. The van der Waals surface area contributed by atoms with Gasteiger partial charge in [0, 0.05) is 25.0 Å². The Labute approximate surface area is 124 Å². The molecule has 0 aliphatic heterocycles. The van der Waals surface area contributed by atoms with Crippen LogP contribution in [0, 0.1) is 0 Å². The molecular formula is C11H20ClN3O2S2. The minimum absolute atomic E-state index is 0.275. The summed E-state index contributed by atoms with van der Waals surface area (Å²) in [6.07, 6.45) is 0.788. The molecule has 5 nitrogen and oxygen atoms in total. The second kappa shape index (κ2) is 8.18. The Morgan fingerprint density at radius 2 is 2.16 bits per heavy atom. The SMILES string of the molecule is CCNCCCN(C)S(=O)(=O)NCc1ccc(Cl)s1. The van der Waals surface area contributed by atoms with E-state index in [2.05, 4.69) is 10.0 Å². The van der Waals surface area contributed by atoms with E-state index in [4.69, 9.17) is 11.6 Å². The van der Waals surface area contributed by atoms with Crippen molar-refractivity contribution in [1.29, 1.82) is 0 Å². The molecule has 1 rings (SSSR count). The van der Waals surface area contributed by atoms with Gasteiger partial charge in [0.25, 0.3) is 10.2 Å². The van der Waals surface area contributed by atoms with E-state index in [-0.39, 0.29) is 6.54 Å². The topological polar surface area (TPSA) is 61.4 Å². The number of halogens is 1. The van der Waals surface area contributed by atoms with Crippen LogP contribution in [-0.2, 0) is 16.8 Å². The molecule has 0 unspecified atom stereocenters. The van der Waals surface area contributed by atoms with E-state index in [9.17, 15) is 8.42 Å². The fourth-order valence-corrected chi connectivity index (χ4v) is 3.49. The van der Waals surface area contributed by atoms with Gasteiger partial charge < -0.3 is 5.32 Å². The van der Waals surface area contributed by atoms with Crippen molar-refractivity contribution in [1.82, 2.24) is 14.3 Å². The number of nitrogens with one attached hydrogen (secondary N) is 2. The highest BCUT2D eigenvalue weighted by Gasteiger charge is 2.16. The van der Waals surface area contributed by atoms with Crippen LogP contribution in [0.15, 0.2) is 12.1 Å². The molecule has 0 atom stereocenters. The second-order valence-electron chi connectivity index (χ2n) is 4.06. The molecule has 0 saturated carbocycles. The quantitative estimate of drug-likeness (QED) is 0.679. The summed E-state index contributed by atoms with van der Waals surface area (Å²) >= 11 is 7.17. The third-order valence-electron chi connectivity index (χ3n) is 2.54. The highest BCUT2D eigenvalue weighted by atomic mass is 35.5. The Hall–Kier alpha value is -0.180. The molecule has 110 valence electrons. The number of hydrogen-bond acceptors (Lipinski definition) is 4. The first-order valence-corrected chi connectivity index (χ1v) is 8.75.